The second kappa shape index (κ2) is 9.91. The average molecular weight is 345 g/mol. The molecule has 2 N–H and O–H groups in total. The standard InChI is InChI=1S/C15H21ClN2O5/c1-4-23-7-5-6-17-14(19)15(20)18-11-9-12(21-2)10(16)8-13(11)22-3/h8-9H,4-7H2,1-3H3,(H,17,19)(H,18,20). The van der Waals surface area contributed by atoms with E-state index in [1.54, 1.807) is 0 Å². The number of methoxy groups -OCH3 is 2. The summed E-state index contributed by atoms with van der Waals surface area (Å²) in [6.45, 7) is 3.39. The molecule has 8 heteroatoms. The van der Waals surface area contributed by atoms with Gasteiger partial charge in [0.25, 0.3) is 0 Å². The second-order valence-electron chi connectivity index (χ2n) is 4.45. The van der Waals surface area contributed by atoms with E-state index in [9.17, 15) is 9.59 Å². The molecule has 0 aromatic heterocycles. The van der Waals surface area contributed by atoms with Gasteiger partial charge < -0.3 is 24.8 Å². The van der Waals surface area contributed by atoms with Crippen LogP contribution in [0.1, 0.15) is 13.3 Å². The average Bonchev–Trinajstić information content (AvgIpc) is 2.55. The molecule has 1 aromatic rings. The van der Waals surface area contributed by atoms with Crippen molar-refractivity contribution in [2.45, 2.75) is 13.3 Å². The van der Waals surface area contributed by atoms with Crippen LogP contribution in [-0.4, -0.2) is 45.8 Å². The zero-order valence-electron chi connectivity index (χ0n) is 13.4. The number of halogens is 1. The Balaban J connectivity index is 2.64. The third kappa shape index (κ3) is 5.96. The van der Waals surface area contributed by atoms with Crippen molar-refractivity contribution < 1.29 is 23.8 Å². The first-order valence-electron chi connectivity index (χ1n) is 7.11. The van der Waals surface area contributed by atoms with E-state index in [0.29, 0.717) is 48.4 Å². The Morgan fingerprint density at radius 1 is 1.13 bits per heavy atom. The highest BCUT2D eigenvalue weighted by Crippen LogP contribution is 2.35. The molecule has 0 fully saturated rings. The Morgan fingerprint density at radius 3 is 2.43 bits per heavy atom. The molecule has 0 atom stereocenters. The van der Waals surface area contributed by atoms with E-state index in [1.807, 2.05) is 6.92 Å². The van der Waals surface area contributed by atoms with Crippen LogP contribution < -0.4 is 20.1 Å². The van der Waals surface area contributed by atoms with Crippen LogP contribution in [0.5, 0.6) is 11.5 Å². The van der Waals surface area contributed by atoms with E-state index >= 15 is 0 Å². The predicted molar refractivity (Wildman–Crippen MR) is 87.3 cm³/mol. The molecule has 23 heavy (non-hydrogen) atoms. The maximum Gasteiger partial charge on any atom is 0.313 e. The van der Waals surface area contributed by atoms with Crippen molar-refractivity contribution in [2.75, 3.05) is 39.3 Å². The van der Waals surface area contributed by atoms with Crippen LogP contribution >= 0.6 is 11.6 Å². The topological polar surface area (TPSA) is 85.9 Å². The fourth-order valence-corrected chi connectivity index (χ4v) is 1.97. The number of nitrogens with one attached hydrogen (secondary N) is 2. The summed E-state index contributed by atoms with van der Waals surface area (Å²) in [5.74, 6) is -0.852. The summed E-state index contributed by atoms with van der Waals surface area (Å²) in [5.41, 5.74) is 0.295. The number of hydrogen-bond donors (Lipinski definition) is 2. The normalized spacial score (nSPS) is 10.1. The second-order valence-corrected chi connectivity index (χ2v) is 4.85. The van der Waals surface area contributed by atoms with Crippen LogP contribution in [0.15, 0.2) is 12.1 Å². The molecular weight excluding hydrogens is 324 g/mol. The van der Waals surface area contributed by atoms with E-state index in [2.05, 4.69) is 10.6 Å². The van der Waals surface area contributed by atoms with Gasteiger partial charge in [0.1, 0.15) is 11.5 Å². The highest BCUT2D eigenvalue weighted by molar-refractivity contribution is 6.40. The van der Waals surface area contributed by atoms with Gasteiger partial charge in [-0.05, 0) is 13.3 Å². The first-order valence-corrected chi connectivity index (χ1v) is 7.49. The number of carbonyl (C=O) groups excluding carboxylic acids is 2. The van der Waals surface area contributed by atoms with Crippen molar-refractivity contribution in [2.24, 2.45) is 0 Å². The molecule has 0 aliphatic heterocycles. The number of benzene rings is 1. The lowest BCUT2D eigenvalue weighted by atomic mass is 10.2. The molecule has 0 aliphatic carbocycles. The smallest absolute Gasteiger partial charge is 0.313 e. The van der Waals surface area contributed by atoms with Gasteiger partial charge in [-0.25, -0.2) is 0 Å². The Kier molecular flexibility index (Phi) is 8.21. The maximum atomic E-state index is 11.9. The summed E-state index contributed by atoms with van der Waals surface area (Å²) in [7, 11) is 2.88. The molecule has 0 unspecified atom stereocenters. The van der Waals surface area contributed by atoms with Crippen molar-refractivity contribution in [3.05, 3.63) is 17.2 Å². The fraction of sp³-hybridized carbons (Fsp3) is 0.467. The van der Waals surface area contributed by atoms with Crippen molar-refractivity contribution in [3.8, 4) is 11.5 Å². The van der Waals surface area contributed by atoms with Gasteiger partial charge in [-0.1, -0.05) is 11.6 Å². The van der Waals surface area contributed by atoms with Crippen LogP contribution in [0.3, 0.4) is 0 Å². The maximum absolute atomic E-state index is 11.9. The van der Waals surface area contributed by atoms with E-state index in [-0.39, 0.29) is 0 Å². The largest absolute Gasteiger partial charge is 0.495 e. The van der Waals surface area contributed by atoms with Crippen molar-refractivity contribution in [1.82, 2.24) is 5.32 Å². The highest BCUT2D eigenvalue weighted by Gasteiger charge is 2.17. The van der Waals surface area contributed by atoms with Crippen molar-refractivity contribution in [1.29, 1.82) is 0 Å². The highest BCUT2D eigenvalue weighted by atomic mass is 35.5. The first-order chi connectivity index (χ1) is 11.0. The predicted octanol–water partition coefficient (Wildman–Crippen LogP) is 1.84. The van der Waals surface area contributed by atoms with Gasteiger partial charge in [0.05, 0.1) is 24.9 Å². The van der Waals surface area contributed by atoms with Crippen molar-refractivity contribution in [3.63, 3.8) is 0 Å². The summed E-state index contributed by atoms with van der Waals surface area (Å²) in [6, 6.07) is 2.98. The lowest BCUT2D eigenvalue weighted by Crippen LogP contribution is -2.36. The Labute approximate surface area is 140 Å². The third-order valence-electron chi connectivity index (χ3n) is 2.88. The van der Waals surface area contributed by atoms with Gasteiger partial charge in [0.2, 0.25) is 0 Å². The van der Waals surface area contributed by atoms with E-state index in [4.69, 9.17) is 25.8 Å². The summed E-state index contributed by atoms with van der Waals surface area (Å²) >= 11 is 5.98. The number of hydrogen-bond acceptors (Lipinski definition) is 5. The Bertz CT molecular complexity index is 551. The fourth-order valence-electron chi connectivity index (χ4n) is 1.74. The van der Waals surface area contributed by atoms with E-state index in [0.717, 1.165) is 0 Å². The van der Waals surface area contributed by atoms with Crippen LogP contribution in [0.4, 0.5) is 5.69 Å². The molecule has 1 rings (SSSR count). The Hall–Kier alpha value is -1.99. The van der Waals surface area contributed by atoms with Gasteiger partial charge in [-0.2, -0.15) is 0 Å². The summed E-state index contributed by atoms with van der Waals surface area (Å²) in [6.07, 6.45) is 0.630. The SMILES string of the molecule is CCOCCCNC(=O)C(=O)Nc1cc(OC)c(Cl)cc1OC. The quantitative estimate of drug-likeness (QED) is 0.555. The van der Waals surface area contributed by atoms with Gasteiger partial charge >= 0.3 is 11.8 Å². The molecule has 2 amide bonds. The van der Waals surface area contributed by atoms with Gasteiger partial charge in [-0.3, -0.25) is 9.59 Å². The molecule has 0 bridgehead atoms. The van der Waals surface area contributed by atoms with Gasteiger partial charge in [0, 0.05) is 31.9 Å². The summed E-state index contributed by atoms with van der Waals surface area (Å²) < 4.78 is 15.3. The minimum absolute atomic E-state index is 0.295. The lowest BCUT2D eigenvalue weighted by Gasteiger charge is -2.13. The number of anilines is 1. The zero-order valence-corrected chi connectivity index (χ0v) is 14.2. The number of ether oxygens (including phenoxy) is 3. The third-order valence-corrected chi connectivity index (χ3v) is 3.18. The van der Waals surface area contributed by atoms with Crippen LogP contribution in [-0.2, 0) is 14.3 Å². The van der Waals surface area contributed by atoms with E-state index < -0.39 is 11.8 Å². The zero-order chi connectivity index (χ0) is 17.2. The number of rotatable bonds is 8. The summed E-state index contributed by atoms with van der Waals surface area (Å²) in [5, 5.41) is 5.32. The molecule has 0 aliphatic rings. The van der Waals surface area contributed by atoms with Crippen LogP contribution in [0.2, 0.25) is 5.02 Å². The first kappa shape index (κ1) is 19.1. The van der Waals surface area contributed by atoms with Gasteiger partial charge in [0.15, 0.2) is 0 Å². The molecule has 0 spiro atoms. The minimum atomic E-state index is -0.802. The van der Waals surface area contributed by atoms with Crippen LogP contribution in [0.25, 0.3) is 0 Å². The van der Waals surface area contributed by atoms with Crippen LogP contribution in [0, 0.1) is 0 Å². The van der Waals surface area contributed by atoms with Crippen molar-refractivity contribution >= 4 is 29.1 Å². The molecule has 1 aromatic carbocycles. The Morgan fingerprint density at radius 2 is 1.83 bits per heavy atom. The van der Waals surface area contributed by atoms with Gasteiger partial charge in [-0.15, -0.1) is 0 Å². The number of carbonyl (C=O) groups is 2. The molecule has 0 saturated heterocycles. The number of amides is 2. The molecule has 0 heterocycles. The molecule has 128 valence electrons. The summed E-state index contributed by atoms with van der Waals surface area (Å²) in [4.78, 5) is 23.6. The lowest BCUT2D eigenvalue weighted by molar-refractivity contribution is -0.136. The molecule has 7 nitrogen and oxygen atoms in total. The molecule has 0 radical (unpaired) electrons. The minimum Gasteiger partial charge on any atom is -0.495 e. The van der Waals surface area contributed by atoms with E-state index in [1.165, 1.54) is 26.4 Å². The molecule has 0 saturated carbocycles. The molecular formula is C15H21ClN2O5. The monoisotopic (exact) mass is 344 g/mol.